The maximum atomic E-state index is 2.30. The second kappa shape index (κ2) is 4.33. The van der Waals surface area contributed by atoms with Crippen molar-refractivity contribution in [2.75, 3.05) is 20.6 Å². The zero-order chi connectivity index (χ0) is 10.8. The van der Waals surface area contributed by atoms with Crippen molar-refractivity contribution in [1.29, 1.82) is 0 Å². The summed E-state index contributed by atoms with van der Waals surface area (Å²) in [6.07, 6.45) is 1.15. The molecular formula is C13H17NS. The van der Waals surface area contributed by atoms with Crippen LogP contribution in [0.15, 0.2) is 23.6 Å². The number of fused-ring (bicyclic) bond motifs is 1. The van der Waals surface area contributed by atoms with Crippen molar-refractivity contribution < 1.29 is 0 Å². The predicted octanol–water partition coefficient (Wildman–Crippen LogP) is 3.31. The number of hydrogen-bond donors (Lipinski definition) is 0. The lowest BCUT2D eigenvalue weighted by atomic mass is 10.1. The SMILES string of the molecule is Cc1ccc2scc(CCN(C)C)c2c1. The van der Waals surface area contributed by atoms with Crippen LogP contribution in [0.4, 0.5) is 0 Å². The zero-order valence-corrected chi connectivity index (χ0v) is 10.4. The molecule has 2 heteroatoms. The quantitative estimate of drug-likeness (QED) is 0.765. The lowest BCUT2D eigenvalue weighted by Gasteiger charge is -2.08. The Labute approximate surface area is 95.3 Å². The van der Waals surface area contributed by atoms with Crippen LogP contribution in [0.5, 0.6) is 0 Å². The largest absolute Gasteiger partial charge is 0.309 e. The molecule has 0 spiro atoms. The van der Waals surface area contributed by atoms with Crippen LogP contribution in [-0.2, 0) is 6.42 Å². The van der Waals surface area contributed by atoms with Gasteiger partial charge in [0.25, 0.3) is 0 Å². The van der Waals surface area contributed by atoms with Crippen LogP contribution in [0.25, 0.3) is 10.1 Å². The van der Waals surface area contributed by atoms with Crippen molar-refractivity contribution in [3.63, 3.8) is 0 Å². The van der Waals surface area contributed by atoms with Gasteiger partial charge in [0.2, 0.25) is 0 Å². The van der Waals surface area contributed by atoms with Gasteiger partial charge in [-0.2, -0.15) is 0 Å². The van der Waals surface area contributed by atoms with Gasteiger partial charge in [-0.3, -0.25) is 0 Å². The highest BCUT2D eigenvalue weighted by atomic mass is 32.1. The summed E-state index contributed by atoms with van der Waals surface area (Å²) in [4.78, 5) is 2.24. The van der Waals surface area contributed by atoms with Gasteiger partial charge < -0.3 is 4.90 Å². The average Bonchev–Trinajstić information content (AvgIpc) is 2.57. The van der Waals surface area contributed by atoms with Gasteiger partial charge in [0.1, 0.15) is 0 Å². The van der Waals surface area contributed by atoms with E-state index >= 15 is 0 Å². The summed E-state index contributed by atoms with van der Waals surface area (Å²) < 4.78 is 1.41. The van der Waals surface area contributed by atoms with Crippen molar-refractivity contribution in [2.24, 2.45) is 0 Å². The second-order valence-electron chi connectivity index (χ2n) is 4.31. The highest BCUT2D eigenvalue weighted by Gasteiger charge is 2.04. The third-order valence-corrected chi connectivity index (χ3v) is 3.65. The topological polar surface area (TPSA) is 3.24 Å². The van der Waals surface area contributed by atoms with Crippen LogP contribution in [0.1, 0.15) is 11.1 Å². The summed E-state index contributed by atoms with van der Waals surface area (Å²) in [5.74, 6) is 0. The first-order valence-electron chi connectivity index (χ1n) is 5.28. The van der Waals surface area contributed by atoms with E-state index in [9.17, 15) is 0 Å². The van der Waals surface area contributed by atoms with E-state index < -0.39 is 0 Å². The molecular weight excluding hydrogens is 202 g/mol. The second-order valence-corrected chi connectivity index (χ2v) is 5.23. The predicted molar refractivity (Wildman–Crippen MR) is 68.8 cm³/mol. The molecule has 15 heavy (non-hydrogen) atoms. The Bertz CT molecular complexity index is 457. The van der Waals surface area contributed by atoms with Crippen molar-refractivity contribution in [3.8, 4) is 0 Å². The first kappa shape index (κ1) is 10.7. The molecule has 0 aliphatic heterocycles. The minimum Gasteiger partial charge on any atom is -0.309 e. The molecule has 0 fully saturated rings. The molecule has 0 bridgehead atoms. The van der Waals surface area contributed by atoms with Gasteiger partial charge in [-0.05, 0) is 49.8 Å². The number of hydrogen-bond acceptors (Lipinski definition) is 2. The molecule has 1 aromatic heterocycles. The molecule has 0 atom stereocenters. The summed E-state index contributed by atoms with van der Waals surface area (Å²) in [5.41, 5.74) is 2.85. The van der Waals surface area contributed by atoms with Gasteiger partial charge in [0.05, 0.1) is 0 Å². The number of likely N-dealkylation sites (N-methyl/N-ethyl adjacent to an activating group) is 1. The number of thiophene rings is 1. The van der Waals surface area contributed by atoms with Gasteiger partial charge in [-0.15, -0.1) is 11.3 Å². The molecule has 0 aliphatic carbocycles. The van der Waals surface area contributed by atoms with Gasteiger partial charge in [0.15, 0.2) is 0 Å². The summed E-state index contributed by atoms with van der Waals surface area (Å²) in [5, 5.41) is 3.75. The zero-order valence-electron chi connectivity index (χ0n) is 9.58. The van der Waals surface area contributed by atoms with E-state index in [1.807, 2.05) is 11.3 Å². The van der Waals surface area contributed by atoms with E-state index in [0.29, 0.717) is 0 Å². The van der Waals surface area contributed by atoms with Crippen LogP contribution in [0.3, 0.4) is 0 Å². The Kier molecular flexibility index (Phi) is 3.08. The summed E-state index contributed by atoms with van der Waals surface area (Å²) in [6.45, 7) is 3.28. The minimum absolute atomic E-state index is 1.12. The summed E-state index contributed by atoms with van der Waals surface area (Å²) >= 11 is 1.86. The third kappa shape index (κ3) is 2.39. The normalized spacial score (nSPS) is 11.5. The number of aryl methyl sites for hydroxylation is 1. The Morgan fingerprint density at radius 2 is 2.07 bits per heavy atom. The molecule has 0 unspecified atom stereocenters. The molecule has 0 saturated heterocycles. The fourth-order valence-corrected chi connectivity index (χ4v) is 2.71. The first-order valence-corrected chi connectivity index (χ1v) is 6.16. The van der Waals surface area contributed by atoms with Crippen LogP contribution in [-0.4, -0.2) is 25.5 Å². The summed E-state index contributed by atoms with van der Waals surface area (Å²) in [7, 11) is 4.25. The lowest BCUT2D eigenvalue weighted by molar-refractivity contribution is 0.414. The van der Waals surface area contributed by atoms with Gasteiger partial charge >= 0.3 is 0 Å². The van der Waals surface area contributed by atoms with Crippen molar-refractivity contribution >= 4 is 21.4 Å². The highest BCUT2D eigenvalue weighted by Crippen LogP contribution is 2.27. The van der Waals surface area contributed by atoms with Crippen molar-refractivity contribution in [3.05, 3.63) is 34.7 Å². The highest BCUT2D eigenvalue weighted by molar-refractivity contribution is 7.17. The van der Waals surface area contributed by atoms with E-state index in [1.54, 1.807) is 0 Å². The molecule has 2 aromatic rings. The number of benzene rings is 1. The van der Waals surface area contributed by atoms with Crippen LogP contribution >= 0.6 is 11.3 Å². The molecule has 0 aliphatic rings. The van der Waals surface area contributed by atoms with E-state index in [0.717, 1.165) is 13.0 Å². The number of rotatable bonds is 3. The lowest BCUT2D eigenvalue weighted by Crippen LogP contribution is -2.14. The molecule has 1 heterocycles. The molecule has 0 N–H and O–H groups in total. The Balaban J connectivity index is 2.31. The average molecular weight is 219 g/mol. The van der Waals surface area contributed by atoms with Crippen molar-refractivity contribution in [2.45, 2.75) is 13.3 Å². The first-order chi connectivity index (χ1) is 7.16. The van der Waals surface area contributed by atoms with Crippen LogP contribution in [0.2, 0.25) is 0 Å². The monoisotopic (exact) mass is 219 g/mol. The molecule has 0 amide bonds. The fraction of sp³-hybridized carbons (Fsp3) is 0.385. The van der Waals surface area contributed by atoms with E-state index in [4.69, 9.17) is 0 Å². The molecule has 80 valence electrons. The van der Waals surface area contributed by atoms with Crippen molar-refractivity contribution in [1.82, 2.24) is 4.90 Å². The van der Waals surface area contributed by atoms with Gasteiger partial charge in [0, 0.05) is 11.2 Å². The van der Waals surface area contributed by atoms with Crippen LogP contribution in [0, 0.1) is 6.92 Å². The third-order valence-electron chi connectivity index (χ3n) is 2.64. The van der Waals surface area contributed by atoms with Crippen LogP contribution < -0.4 is 0 Å². The number of nitrogens with zero attached hydrogens (tertiary/aromatic N) is 1. The fourth-order valence-electron chi connectivity index (χ4n) is 1.73. The molecule has 0 radical (unpaired) electrons. The standard InChI is InChI=1S/C13H17NS/c1-10-4-5-13-12(8-10)11(9-15-13)6-7-14(2)3/h4-5,8-9H,6-7H2,1-3H3. The molecule has 1 nitrogen and oxygen atoms in total. The smallest absolute Gasteiger partial charge is 0.0345 e. The van der Waals surface area contributed by atoms with E-state index in [1.165, 1.54) is 21.2 Å². The Hall–Kier alpha value is -0.860. The molecule has 0 saturated carbocycles. The summed E-state index contributed by atoms with van der Waals surface area (Å²) in [6, 6.07) is 6.72. The van der Waals surface area contributed by atoms with Gasteiger partial charge in [-0.25, -0.2) is 0 Å². The van der Waals surface area contributed by atoms with E-state index in [-0.39, 0.29) is 0 Å². The minimum atomic E-state index is 1.12. The van der Waals surface area contributed by atoms with E-state index in [2.05, 4.69) is 49.5 Å². The molecule has 2 rings (SSSR count). The molecule has 1 aromatic carbocycles. The Morgan fingerprint density at radius 3 is 2.80 bits per heavy atom. The van der Waals surface area contributed by atoms with Gasteiger partial charge in [-0.1, -0.05) is 17.7 Å². The maximum Gasteiger partial charge on any atom is 0.0345 e. The maximum absolute atomic E-state index is 2.30. The Morgan fingerprint density at radius 1 is 1.27 bits per heavy atom.